The number of hydrogen-bond acceptors (Lipinski definition) is 1. The molecule has 1 aromatic carbocycles. The quantitative estimate of drug-likeness (QED) is 0.748. The predicted octanol–water partition coefficient (Wildman–Crippen LogP) is 3.93. The third-order valence-electron chi connectivity index (χ3n) is 1.92. The summed E-state index contributed by atoms with van der Waals surface area (Å²) in [4.78, 5) is 0. The summed E-state index contributed by atoms with van der Waals surface area (Å²) in [5.74, 6) is -3.22. The van der Waals surface area contributed by atoms with E-state index in [2.05, 4.69) is 15.9 Å². The Hall–Kier alpha value is -0.550. The monoisotopic (exact) mass is 296 g/mol. The molecular formula is C11H12BrF3O. The zero-order valence-corrected chi connectivity index (χ0v) is 10.3. The molecule has 0 aromatic heterocycles. The minimum Gasteiger partial charge on any atom is -0.366 e. The molecule has 0 N–H and O–H groups in total. The lowest BCUT2D eigenvalue weighted by Gasteiger charge is -2.18. The Balaban J connectivity index is 2.64. The Morgan fingerprint density at radius 2 is 1.88 bits per heavy atom. The van der Waals surface area contributed by atoms with Crippen LogP contribution in [0.15, 0.2) is 24.3 Å². The molecule has 1 aromatic rings. The first-order valence-corrected chi connectivity index (χ1v) is 5.85. The van der Waals surface area contributed by atoms with Gasteiger partial charge >= 0.3 is 0 Å². The van der Waals surface area contributed by atoms with Gasteiger partial charge in [-0.3, -0.25) is 0 Å². The van der Waals surface area contributed by atoms with E-state index >= 15 is 0 Å². The second kappa shape index (κ2) is 5.68. The zero-order valence-electron chi connectivity index (χ0n) is 8.72. The summed E-state index contributed by atoms with van der Waals surface area (Å²) >= 11 is 3.18. The summed E-state index contributed by atoms with van der Waals surface area (Å²) in [6, 6.07) is 5.60. The maximum atomic E-state index is 12.7. The van der Waals surface area contributed by atoms with E-state index in [1.807, 2.05) is 0 Å². The van der Waals surface area contributed by atoms with Gasteiger partial charge in [-0.1, -0.05) is 28.1 Å². The molecular weight excluding hydrogens is 285 g/mol. The Kier molecular flexibility index (Phi) is 4.80. The number of halogens is 4. The van der Waals surface area contributed by atoms with Crippen molar-refractivity contribution in [3.8, 4) is 0 Å². The fraction of sp³-hybridized carbons (Fsp3) is 0.455. The van der Waals surface area contributed by atoms with Crippen LogP contribution in [0.3, 0.4) is 0 Å². The molecule has 1 unspecified atom stereocenters. The molecule has 0 radical (unpaired) electrons. The molecule has 0 spiro atoms. The lowest BCUT2D eigenvalue weighted by Crippen LogP contribution is -2.21. The lowest BCUT2D eigenvalue weighted by atomic mass is 10.1. The standard InChI is InChI=1S/C11H12BrF3O/c1-11(14,15)7-16-10(6-12)8-2-4-9(13)5-3-8/h2-5,10H,6-7H2,1H3. The Morgan fingerprint density at radius 1 is 1.31 bits per heavy atom. The summed E-state index contributed by atoms with van der Waals surface area (Å²) in [6.45, 7) is 0.142. The number of hydrogen-bond donors (Lipinski definition) is 0. The van der Waals surface area contributed by atoms with E-state index in [0.29, 0.717) is 10.9 Å². The van der Waals surface area contributed by atoms with E-state index in [1.54, 1.807) is 0 Å². The van der Waals surface area contributed by atoms with Crippen molar-refractivity contribution in [3.63, 3.8) is 0 Å². The van der Waals surface area contributed by atoms with Crippen molar-refractivity contribution in [1.29, 1.82) is 0 Å². The first-order valence-electron chi connectivity index (χ1n) is 4.73. The molecule has 0 fully saturated rings. The van der Waals surface area contributed by atoms with Gasteiger partial charge < -0.3 is 4.74 Å². The average molecular weight is 297 g/mol. The number of benzene rings is 1. The van der Waals surface area contributed by atoms with E-state index in [4.69, 9.17) is 4.74 Å². The molecule has 0 saturated heterocycles. The second-order valence-electron chi connectivity index (χ2n) is 3.58. The fourth-order valence-corrected chi connectivity index (χ4v) is 1.71. The van der Waals surface area contributed by atoms with Crippen molar-refractivity contribution in [3.05, 3.63) is 35.6 Å². The maximum absolute atomic E-state index is 12.7. The van der Waals surface area contributed by atoms with Gasteiger partial charge in [-0.05, 0) is 17.7 Å². The molecule has 0 aliphatic heterocycles. The molecule has 0 aliphatic carbocycles. The SMILES string of the molecule is CC(F)(F)COC(CBr)c1ccc(F)cc1. The first kappa shape index (κ1) is 13.5. The first-order chi connectivity index (χ1) is 7.42. The largest absolute Gasteiger partial charge is 0.366 e. The van der Waals surface area contributed by atoms with E-state index < -0.39 is 18.6 Å². The summed E-state index contributed by atoms with van der Waals surface area (Å²) in [6.07, 6.45) is -0.494. The molecule has 1 nitrogen and oxygen atoms in total. The topological polar surface area (TPSA) is 9.23 Å². The van der Waals surface area contributed by atoms with Crippen LogP contribution in [0, 0.1) is 5.82 Å². The third-order valence-corrected chi connectivity index (χ3v) is 2.51. The van der Waals surface area contributed by atoms with Crippen LogP contribution in [-0.4, -0.2) is 17.9 Å². The Bertz CT molecular complexity index is 321. The average Bonchev–Trinajstić information content (AvgIpc) is 2.20. The molecule has 1 atom stereocenters. The van der Waals surface area contributed by atoms with Gasteiger partial charge in [0.1, 0.15) is 12.4 Å². The number of rotatable bonds is 5. The minimum absolute atomic E-state index is 0.363. The lowest BCUT2D eigenvalue weighted by molar-refractivity contribution is -0.0828. The van der Waals surface area contributed by atoms with Gasteiger partial charge in [-0.15, -0.1) is 0 Å². The van der Waals surface area contributed by atoms with Gasteiger partial charge in [-0.25, -0.2) is 13.2 Å². The van der Waals surface area contributed by atoms with Crippen molar-refractivity contribution < 1.29 is 17.9 Å². The van der Waals surface area contributed by atoms with Crippen molar-refractivity contribution >= 4 is 15.9 Å². The molecule has 5 heteroatoms. The van der Waals surface area contributed by atoms with Gasteiger partial charge in [0, 0.05) is 12.3 Å². The summed E-state index contributed by atoms with van der Waals surface area (Å²) < 4.78 is 42.9. The highest BCUT2D eigenvalue weighted by Crippen LogP contribution is 2.23. The molecule has 90 valence electrons. The number of ether oxygens (including phenoxy) is 1. The van der Waals surface area contributed by atoms with Gasteiger partial charge in [0.2, 0.25) is 0 Å². The molecule has 0 amide bonds. The third kappa shape index (κ3) is 4.53. The van der Waals surface area contributed by atoms with Gasteiger partial charge in [-0.2, -0.15) is 0 Å². The van der Waals surface area contributed by atoms with Crippen LogP contribution in [0.5, 0.6) is 0 Å². The Labute approximate surface area is 101 Å². The highest BCUT2D eigenvalue weighted by Gasteiger charge is 2.24. The van der Waals surface area contributed by atoms with Crippen molar-refractivity contribution in [2.45, 2.75) is 19.0 Å². The van der Waals surface area contributed by atoms with E-state index in [0.717, 1.165) is 6.92 Å². The molecule has 1 rings (SSSR count). The van der Waals surface area contributed by atoms with Crippen molar-refractivity contribution in [2.75, 3.05) is 11.9 Å². The predicted molar refractivity (Wildman–Crippen MR) is 59.5 cm³/mol. The van der Waals surface area contributed by atoms with Crippen molar-refractivity contribution in [1.82, 2.24) is 0 Å². The van der Waals surface area contributed by atoms with E-state index in [1.165, 1.54) is 24.3 Å². The molecule has 16 heavy (non-hydrogen) atoms. The second-order valence-corrected chi connectivity index (χ2v) is 4.22. The molecule has 0 bridgehead atoms. The fourth-order valence-electron chi connectivity index (χ4n) is 1.15. The van der Waals surface area contributed by atoms with Crippen molar-refractivity contribution in [2.24, 2.45) is 0 Å². The maximum Gasteiger partial charge on any atom is 0.268 e. The molecule has 0 aliphatic rings. The number of alkyl halides is 3. The molecule has 0 heterocycles. The van der Waals surface area contributed by atoms with Crippen LogP contribution in [0.4, 0.5) is 13.2 Å². The van der Waals surface area contributed by atoms with Crippen LogP contribution in [0.1, 0.15) is 18.6 Å². The smallest absolute Gasteiger partial charge is 0.268 e. The van der Waals surface area contributed by atoms with Gasteiger partial charge in [0.15, 0.2) is 0 Å². The van der Waals surface area contributed by atoms with Crippen LogP contribution < -0.4 is 0 Å². The molecule has 0 saturated carbocycles. The van der Waals surface area contributed by atoms with Crippen LogP contribution in [-0.2, 0) is 4.74 Å². The normalized spacial score (nSPS) is 13.8. The zero-order chi connectivity index (χ0) is 12.2. The van der Waals surface area contributed by atoms with E-state index in [9.17, 15) is 13.2 Å². The minimum atomic E-state index is -2.86. The van der Waals surface area contributed by atoms with Crippen LogP contribution >= 0.6 is 15.9 Å². The summed E-state index contributed by atoms with van der Waals surface area (Å²) in [7, 11) is 0. The van der Waals surface area contributed by atoms with Gasteiger partial charge in [0.25, 0.3) is 5.92 Å². The highest BCUT2D eigenvalue weighted by molar-refractivity contribution is 9.09. The van der Waals surface area contributed by atoms with E-state index in [-0.39, 0.29) is 5.82 Å². The summed E-state index contributed by atoms with van der Waals surface area (Å²) in [5.41, 5.74) is 0.669. The Morgan fingerprint density at radius 3 is 2.31 bits per heavy atom. The summed E-state index contributed by atoms with van der Waals surface area (Å²) in [5, 5.41) is 0.384. The van der Waals surface area contributed by atoms with Crippen LogP contribution in [0.2, 0.25) is 0 Å². The highest BCUT2D eigenvalue weighted by atomic mass is 79.9. The van der Waals surface area contributed by atoms with Gasteiger partial charge in [0.05, 0.1) is 6.10 Å². The van der Waals surface area contributed by atoms with Crippen LogP contribution in [0.25, 0.3) is 0 Å².